The first-order valence-electron chi connectivity index (χ1n) is 7.95. The van der Waals surface area contributed by atoms with Gasteiger partial charge in [-0.05, 0) is 43.1 Å². The van der Waals surface area contributed by atoms with Gasteiger partial charge in [-0.25, -0.2) is 0 Å². The van der Waals surface area contributed by atoms with Crippen LogP contribution in [0, 0.1) is 0 Å². The number of carbonyl (C=O) groups is 1. The molecule has 0 atom stereocenters. The van der Waals surface area contributed by atoms with Crippen molar-refractivity contribution in [1.82, 2.24) is 4.90 Å². The minimum Gasteiger partial charge on any atom is -0.325 e. The second kappa shape index (κ2) is 5.25. The van der Waals surface area contributed by atoms with Gasteiger partial charge in [0.25, 0.3) is 0 Å². The van der Waals surface area contributed by atoms with E-state index in [9.17, 15) is 4.79 Å². The molecule has 112 valence electrons. The number of rotatable bonds is 2. The molecule has 2 aromatic rings. The predicted molar refractivity (Wildman–Crippen MR) is 87.7 cm³/mol. The highest BCUT2D eigenvalue weighted by molar-refractivity contribution is 6.06. The predicted octanol–water partition coefficient (Wildman–Crippen LogP) is 3.17. The molecule has 2 heterocycles. The summed E-state index contributed by atoms with van der Waals surface area (Å²) in [7, 11) is 0. The highest BCUT2D eigenvalue weighted by atomic mass is 16.2. The van der Waals surface area contributed by atoms with Gasteiger partial charge in [-0.1, -0.05) is 48.5 Å². The molecule has 0 bridgehead atoms. The average Bonchev–Trinajstić information content (AvgIpc) is 2.83. The van der Waals surface area contributed by atoms with Crippen molar-refractivity contribution in [3.05, 3.63) is 65.7 Å². The molecule has 1 amide bonds. The van der Waals surface area contributed by atoms with Gasteiger partial charge in [-0.15, -0.1) is 0 Å². The van der Waals surface area contributed by atoms with Gasteiger partial charge in [0.1, 0.15) is 0 Å². The van der Waals surface area contributed by atoms with Crippen LogP contribution in [0.2, 0.25) is 0 Å². The third kappa shape index (κ3) is 2.13. The molecule has 0 aliphatic carbocycles. The number of nitrogens with one attached hydrogen (secondary N) is 1. The van der Waals surface area contributed by atoms with E-state index in [2.05, 4.69) is 46.6 Å². The first kappa shape index (κ1) is 13.5. The Balaban J connectivity index is 1.51. The Morgan fingerprint density at radius 3 is 2.41 bits per heavy atom. The number of benzene rings is 2. The number of likely N-dealkylation sites (tertiary alicyclic amines) is 1. The molecule has 3 nitrogen and oxygen atoms in total. The minimum atomic E-state index is -0.302. The second-order valence-electron chi connectivity index (χ2n) is 6.34. The van der Waals surface area contributed by atoms with Crippen LogP contribution in [0.5, 0.6) is 0 Å². The van der Waals surface area contributed by atoms with E-state index in [-0.39, 0.29) is 11.3 Å². The lowest BCUT2D eigenvalue weighted by molar-refractivity contribution is -0.122. The SMILES string of the molecule is O=C1Nc2ccccc2C12CCN(Cc1ccccc1)CC2. The maximum absolute atomic E-state index is 12.5. The van der Waals surface area contributed by atoms with Crippen LogP contribution in [0.25, 0.3) is 0 Å². The fourth-order valence-electron chi connectivity index (χ4n) is 3.80. The third-order valence-corrected chi connectivity index (χ3v) is 5.08. The molecule has 1 fully saturated rings. The summed E-state index contributed by atoms with van der Waals surface area (Å²) in [6.45, 7) is 2.91. The molecular weight excluding hydrogens is 272 g/mol. The lowest BCUT2D eigenvalue weighted by atomic mass is 9.73. The highest BCUT2D eigenvalue weighted by Crippen LogP contribution is 2.44. The first-order chi connectivity index (χ1) is 10.8. The normalized spacial score (nSPS) is 19.9. The molecule has 3 heteroatoms. The van der Waals surface area contributed by atoms with E-state index in [1.807, 2.05) is 18.2 Å². The van der Waals surface area contributed by atoms with Gasteiger partial charge in [0, 0.05) is 12.2 Å². The zero-order valence-corrected chi connectivity index (χ0v) is 12.6. The van der Waals surface area contributed by atoms with E-state index >= 15 is 0 Å². The van der Waals surface area contributed by atoms with E-state index in [0.717, 1.165) is 38.2 Å². The van der Waals surface area contributed by atoms with Gasteiger partial charge in [-0.3, -0.25) is 9.69 Å². The minimum absolute atomic E-state index is 0.188. The topological polar surface area (TPSA) is 32.3 Å². The molecule has 22 heavy (non-hydrogen) atoms. The van der Waals surface area contributed by atoms with Crippen molar-refractivity contribution < 1.29 is 4.79 Å². The molecule has 0 aromatic heterocycles. The van der Waals surface area contributed by atoms with Gasteiger partial charge in [0.2, 0.25) is 5.91 Å². The van der Waals surface area contributed by atoms with E-state index in [4.69, 9.17) is 0 Å². The molecule has 1 spiro atoms. The molecule has 0 radical (unpaired) electrons. The van der Waals surface area contributed by atoms with E-state index in [0.29, 0.717) is 0 Å². The van der Waals surface area contributed by atoms with Crippen LogP contribution in [0.1, 0.15) is 24.0 Å². The highest BCUT2D eigenvalue weighted by Gasteiger charge is 2.48. The summed E-state index contributed by atoms with van der Waals surface area (Å²) >= 11 is 0. The number of nitrogens with zero attached hydrogens (tertiary/aromatic N) is 1. The summed E-state index contributed by atoms with van der Waals surface area (Å²) in [5.74, 6) is 0.188. The smallest absolute Gasteiger partial charge is 0.235 e. The molecule has 1 saturated heterocycles. The number of amides is 1. The van der Waals surface area contributed by atoms with Crippen LogP contribution >= 0.6 is 0 Å². The summed E-state index contributed by atoms with van der Waals surface area (Å²) in [5, 5.41) is 3.06. The molecular formula is C19H20N2O. The zero-order chi connectivity index (χ0) is 15.0. The van der Waals surface area contributed by atoms with E-state index < -0.39 is 0 Å². The lowest BCUT2D eigenvalue weighted by Crippen LogP contribution is -2.46. The van der Waals surface area contributed by atoms with Crippen molar-refractivity contribution >= 4 is 11.6 Å². The molecule has 0 unspecified atom stereocenters. The van der Waals surface area contributed by atoms with Gasteiger partial charge in [-0.2, -0.15) is 0 Å². The Hall–Kier alpha value is -2.13. The fraction of sp³-hybridized carbons (Fsp3) is 0.316. The zero-order valence-electron chi connectivity index (χ0n) is 12.6. The Morgan fingerprint density at radius 1 is 0.955 bits per heavy atom. The van der Waals surface area contributed by atoms with Crippen LogP contribution in [0.15, 0.2) is 54.6 Å². The largest absolute Gasteiger partial charge is 0.325 e. The van der Waals surface area contributed by atoms with Crippen LogP contribution < -0.4 is 5.32 Å². The number of para-hydroxylation sites is 1. The van der Waals surface area contributed by atoms with Crippen molar-refractivity contribution in [2.45, 2.75) is 24.8 Å². The van der Waals surface area contributed by atoms with Crippen molar-refractivity contribution in [2.75, 3.05) is 18.4 Å². The van der Waals surface area contributed by atoms with Crippen LogP contribution in [-0.4, -0.2) is 23.9 Å². The number of piperidine rings is 1. The van der Waals surface area contributed by atoms with Crippen LogP contribution in [0.4, 0.5) is 5.69 Å². The number of fused-ring (bicyclic) bond motifs is 2. The van der Waals surface area contributed by atoms with E-state index in [1.54, 1.807) is 0 Å². The Morgan fingerprint density at radius 2 is 1.64 bits per heavy atom. The maximum atomic E-state index is 12.5. The van der Waals surface area contributed by atoms with Crippen molar-refractivity contribution in [3.63, 3.8) is 0 Å². The summed E-state index contributed by atoms with van der Waals surface area (Å²) in [6.07, 6.45) is 1.81. The number of hydrogen-bond donors (Lipinski definition) is 1. The molecule has 2 aliphatic rings. The molecule has 4 rings (SSSR count). The summed E-state index contributed by atoms with van der Waals surface area (Å²) < 4.78 is 0. The quantitative estimate of drug-likeness (QED) is 0.922. The molecule has 0 saturated carbocycles. The fourth-order valence-corrected chi connectivity index (χ4v) is 3.80. The second-order valence-corrected chi connectivity index (χ2v) is 6.34. The summed E-state index contributed by atoms with van der Waals surface area (Å²) in [5.41, 5.74) is 3.24. The van der Waals surface area contributed by atoms with Crippen molar-refractivity contribution in [3.8, 4) is 0 Å². The first-order valence-corrected chi connectivity index (χ1v) is 7.95. The van der Waals surface area contributed by atoms with Gasteiger partial charge >= 0.3 is 0 Å². The Labute approximate surface area is 131 Å². The number of carbonyl (C=O) groups excluding carboxylic acids is 1. The van der Waals surface area contributed by atoms with Crippen LogP contribution in [-0.2, 0) is 16.8 Å². The van der Waals surface area contributed by atoms with Gasteiger partial charge in [0.15, 0.2) is 0 Å². The van der Waals surface area contributed by atoms with Gasteiger partial charge < -0.3 is 5.32 Å². The van der Waals surface area contributed by atoms with Crippen molar-refractivity contribution in [1.29, 1.82) is 0 Å². The van der Waals surface area contributed by atoms with Crippen LogP contribution in [0.3, 0.4) is 0 Å². The van der Waals surface area contributed by atoms with E-state index in [1.165, 1.54) is 11.1 Å². The summed E-state index contributed by atoms with van der Waals surface area (Å²) in [6, 6.07) is 18.7. The maximum Gasteiger partial charge on any atom is 0.235 e. The van der Waals surface area contributed by atoms with Crippen molar-refractivity contribution in [2.24, 2.45) is 0 Å². The number of anilines is 1. The standard InChI is InChI=1S/C19H20N2O/c22-18-19(16-8-4-5-9-17(16)20-18)10-12-21(13-11-19)14-15-6-2-1-3-7-15/h1-9H,10-14H2,(H,20,22). The number of hydrogen-bond acceptors (Lipinski definition) is 2. The third-order valence-electron chi connectivity index (χ3n) is 5.08. The Bertz CT molecular complexity index is 688. The summed E-state index contributed by atoms with van der Waals surface area (Å²) in [4.78, 5) is 15.0. The lowest BCUT2D eigenvalue weighted by Gasteiger charge is -2.38. The molecule has 2 aromatic carbocycles. The van der Waals surface area contributed by atoms with Gasteiger partial charge in [0.05, 0.1) is 5.41 Å². The Kier molecular flexibility index (Phi) is 3.23. The molecule has 1 N–H and O–H groups in total. The monoisotopic (exact) mass is 292 g/mol. The molecule has 2 aliphatic heterocycles. The average molecular weight is 292 g/mol.